The van der Waals surface area contributed by atoms with Gasteiger partial charge in [-0.25, -0.2) is 0 Å². The number of furan rings is 1. The van der Waals surface area contributed by atoms with Gasteiger partial charge in [-0.3, -0.25) is 0 Å². The molecule has 0 spiro atoms. The first-order valence-corrected chi connectivity index (χ1v) is 6.55. The summed E-state index contributed by atoms with van der Waals surface area (Å²) in [6, 6.07) is 8.45. The molecule has 0 amide bonds. The Balaban J connectivity index is 1.86. The van der Waals surface area contributed by atoms with Gasteiger partial charge in [-0.2, -0.15) is 0 Å². The summed E-state index contributed by atoms with van der Waals surface area (Å²) in [5.41, 5.74) is 8.38. The molecule has 1 unspecified atom stereocenters. The summed E-state index contributed by atoms with van der Waals surface area (Å²) in [5.74, 6) is 1.55. The number of methoxy groups -OCH3 is 1. The summed E-state index contributed by atoms with van der Waals surface area (Å²) in [5, 5.41) is 1.15. The molecule has 0 radical (unpaired) electrons. The van der Waals surface area contributed by atoms with Crippen molar-refractivity contribution in [3.05, 3.63) is 35.6 Å². The van der Waals surface area contributed by atoms with Crippen LogP contribution in [0, 0.1) is 5.92 Å². The molecular formula is C15H19NO2. The normalized spacial score (nSPS) is 17.2. The van der Waals surface area contributed by atoms with Crippen molar-refractivity contribution >= 4 is 11.0 Å². The van der Waals surface area contributed by atoms with E-state index in [2.05, 4.69) is 18.2 Å². The standard InChI is InChI=1S/C15H19NO2/c1-17-7-6-10-2-5-13-12(8-10)9-14(18-13)15(16)11-3-4-11/h2,5,8-9,11,15H,3-4,6-7,16H2,1H3. The van der Waals surface area contributed by atoms with E-state index < -0.39 is 0 Å². The number of rotatable bonds is 5. The molecular weight excluding hydrogens is 226 g/mol. The lowest BCUT2D eigenvalue weighted by Gasteiger charge is -2.04. The zero-order valence-corrected chi connectivity index (χ0v) is 10.7. The monoisotopic (exact) mass is 245 g/mol. The number of benzene rings is 1. The third-order valence-corrected chi connectivity index (χ3v) is 3.65. The smallest absolute Gasteiger partial charge is 0.134 e. The van der Waals surface area contributed by atoms with Crippen LogP contribution in [0.1, 0.15) is 30.2 Å². The number of hydrogen-bond donors (Lipinski definition) is 1. The second-order valence-electron chi connectivity index (χ2n) is 5.13. The second-order valence-corrected chi connectivity index (χ2v) is 5.13. The number of fused-ring (bicyclic) bond motifs is 1. The minimum atomic E-state index is 0.0693. The molecule has 2 N–H and O–H groups in total. The highest BCUT2D eigenvalue weighted by molar-refractivity contribution is 5.78. The second kappa shape index (κ2) is 4.75. The van der Waals surface area contributed by atoms with E-state index in [1.165, 1.54) is 18.4 Å². The van der Waals surface area contributed by atoms with Crippen molar-refractivity contribution in [1.82, 2.24) is 0 Å². The summed E-state index contributed by atoms with van der Waals surface area (Å²) < 4.78 is 10.9. The van der Waals surface area contributed by atoms with Crippen LogP contribution in [0.2, 0.25) is 0 Å². The van der Waals surface area contributed by atoms with Crippen molar-refractivity contribution in [2.75, 3.05) is 13.7 Å². The van der Waals surface area contributed by atoms with Crippen LogP contribution < -0.4 is 5.73 Å². The molecule has 1 saturated carbocycles. The van der Waals surface area contributed by atoms with Gasteiger partial charge in [-0.1, -0.05) is 6.07 Å². The maximum atomic E-state index is 6.17. The number of ether oxygens (including phenoxy) is 1. The Hall–Kier alpha value is -1.32. The van der Waals surface area contributed by atoms with Gasteiger partial charge in [0.2, 0.25) is 0 Å². The van der Waals surface area contributed by atoms with Gasteiger partial charge < -0.3 is 14.9 Å². The van der Waals surface area contributed by atoms with Gasteiger partial charge in [0.1, 0.15) is 11.3 Å². The molecule has 1 aliphatic rings. The van der Waals surface area contributed by atoms with Crippen LogP contribution in [0.4, 0.5) is 0 Å². The SMILES string of the molecule is COCCc1ccc2oc(C(N)C3CC3)cc2c1. The first kappa shape index (κ1) is 11.8. The molecule has 3 heteroatoms. The van der Waals surface area contributed by atoms with Crippen molar-refractivity contribution in [1.29, 1.82) is 0 Å². The van der Waals surface area contributed by atoms with Crippen molar-refractivity contribution in [2.24, 2.45) is 11.7 Å². The first-order valence-electron chi connectivity index (χ1n) is 6.55. The molecule has 3 nitrogen and oxygen atoms in total. The van der Waals surface area contributed by atoms with E-state index in [1.54, 1.807) is 7.11 Å². The quantitative estimate of drug-likeness (QED) is 0.880. The molecule has 1 aliphatic carbocycles. The van der Waals surface area contributed by atoms with E-state index in [0.29, 0.717) is 5.92 Å². The van der Waals surface area contributed by atoms with Crippen LogP contribution in [0.3, 0.4) is 0 Å². The summed E-state index contributed by atoms with van der Waals surface area (Å²) in [6.45, 7) is 0.748. The van der Waals surface area contributed by atoms with E-state index in [-0.39, 0.29) is 6.04 Å². The van der Waals surface area contributed by atoms with Gasteiger partial charge in [0.25, 0.3) is 0 Å². The molecule has 1 aromatic carbocycles. The summed E-state index contributed by atoms with van der Waals surface area (Å²) in [4.78, 5) is 0. The first-order chi connectivity index (χ1) is 8.78. The van der Waals surface area contributed by atoms with Crippen molar-refractivity contribution in [3.63, 3.8) is 0 Å². The Morgan fingerprint density at radius 1 is 1.39 bits per heavy atom. The summed E-state index contributed by atoms with van der Waals surface area (Å²) in [6.07, 6.45) is 3.40. The fraction of sp³-hybridized carbons (Fsp3) is 0.467. The molecule has 3 rings (SSSR count). The molecule has 1 aromatic heterocycles. The van der Waals surface area contributed by atoms with E-state index in [4.69, 9.17) is 14.9 Å². The Labute approximate surface area is 107 Å². The largest absolute Gasteiger partial charge is 0.459 e. The van der Waals surface area contributed by atoms with Crippen LogP contribution in [-0.4, -0.2) is 13.7 Å². The molecule has 1 fully saturated rings. The van der Waals surface area contributed by atoms with Crippen LogP contribution in [-0.2, 0) is 11.2 Å². The zero-order valence-electron chi connectivity index (χ0n) is 10.7. The molecule has 1 atom stereocenters. The van der Waals surface area contributed by atoms with Crippen LogP contribution >= 0.6 is 0 Å². The van der Waals surface area contributed by atoms with E-state index in [9.17, 15) is 0 Å². The molecule has 18 heavy (non-hydrogen) atoms. The average molecular weight is 245 g/mol. The third kappa shape index (κ3) is 2.28. The summed E-state index contributed by atoms with van der Waals surface area (Å²) in [7, 11) is 1.73. The predicted molar refractivity (Wildman–Crippen MR) is 71.4 cm³/mol. The Morgan fingerprint density at radius 2 is 2.22 bits per heavy atom. The van der Waals surface area contributed by atoms with Gasteiger partial charge >= 0.3 is 0 Å². The highest BCUT2D eigenvalue weighted by Crippen LogP contribution is 2.40. The highest BCUT2D eigenvalue weighted by atomic mass is 16.5. The minimum absolute atomic E-state index is 0.0693. The Bertz CT molecular complexity index is 542. The van der Waals surface area contributed by atoms with Crippen molar-refractivity contribution in [2.45, 2.75) is 25.3 Å². The average Bonchev–Trinajstić information content (AvgIpc) is 3.14. The lowest BCUT2D eigenvalue weighted by molar-refractivity contribution is 0.202. The van der Waals surface area contributed by atoms with E-state index in [1.807, 2.05) is 6.07 Å². The molecule has 2 aromatic rings. The third-order valence-electron chi connectivity index (χ3n) is 3.65. The van der Waals surface area contributed by atoms with Gasteiger partial charge in [0, 0.05) is 12.5 Å². The number of hydrogen-bond acceptors (Lipinski definition) is 3. The highest BCUT2D eigenvalue weighted by Gasteiger charge is 2.31. The molecule has 0 bridgehead atoms. The Kier molecular flexibility index (Phi) is 3.10. The lowest BCUT2D eigenvalue weighted by atomic mass is 10.1. The molecule has 0 saturated heterocycles. The number of nitrogens with two attached hydrogens (primary N) is 1. The van der Waals surface area contributed by atoms with Crippen molar-refractivity contribution in [3.8, 4) is 0 Å². The van der Waals surface area contributed by atoms with Gasteiger partial charge in [-0.15, -0.1) is 0 Å². The van der Waals surface area contributed by atoms with Gasteiger partial charge in [0.05, 0.1) is 12.6 Å². The van der Waals surface area contributed by atoms with Crippen LogP contribution in [0.25, 0.3) is 11.0 Å². The topological polar surface area (TPSA) is 48.4 Å². The molecule has 96 valence electrons. The van der Waals surface area contributed by atoms with Crippen LogP contribution in [0.5, 0.6) is 0 Å². The maximum absolute atomic E-state index is 6.17. The van der Waals surface area contributed by atoms with Crippen molar-refractivity contribution < 1.29 is 9.15 Å². The van der Waals surface area contributed by atoms with Gasteiger partial charge in [-0.05, 0) is 48.9 Å². The zero-order chi connectivity index (χ0) is 12.5. The fourth-order valence-corrected chi connectivity index (χ4v) is 2.34. The minimum Gasteiger partial charge on any atom is -0.459 e. The van der Waals surface area contributed by atoms with Crippen LogP contribution in [0.15, 0.2) is 28.7 Å². The van der Waals surface area contributed by atoms with E-state index in [0.717, 1.165) is 29.8 Å². The summed E-state index contributed by atoms with van der Waals surface area (Å²) >= 11 is 0. The maximum Gasteiger partial charge on any atom is 0.134 e. The van der Waals surface area contributed by atoms with E-state index >= 15 is 0 Å². The lowest BCUT2D eigenvalue weighted by Crippen LogP contribution is -2.10. The Morgan fingerprint density at radius 3 is 2.94 bits per heavy atom. The fourth-order valence-electron chi connectivity index (χ4n) is 2.34. The molecule has 0 aliphatic heterocycles. The van der Waals surface area contributed by atoms with Gasteiger partial charge in [0.15, 0.2) is 0 Å². The molecule has 1 heterocycles. The predicted octanol–water partition coefficient (Wildman–Crippen LogP) is 3.03.